The Labute approximate surface area is 215 Å². The Kier molecular flexibility index (Phi) is 6.15. The van der Waals surface area contributed by atoms with E-state index in [4.69, 9.17) is 9.72 Å². The zero-order valence-electron chi connectivity index (χ0n) is 20.9. The second kappa shape index (κ2) is 9.47. The lowest BCUT2D eigenvalue weighted by Gasteiger charge is -2.36. The van der Waals surface area contributed by atoms with Crippen LogP contribution >= 0.6 is 11.3 Å². The summed E-state index contributed by atoms with van der Waals surface area (Å²) in [6, 6.07) is 20.6. The first kappa shape index (κ1) is 23.4. The van der Waals surface area contributed by atoms with Gasteiger partial charge in [-0.05, 0) is 43.5 Å². The number of benzene rings is 2. The summed E-state index contributed by atoms with van der Waals surface area (Å²) >= 11 is 1.62. The van der Waals surface area contributed by atoms with Gasteiger partial charge in [0.05, 0.1) is 23.3 Å². The van der Waals surface area contributed by atoms with Crippen LogP contribution in [0.25, 0.3) is 15.9 Å². The first-order valence-electron chi connectivity index (χ1n) is 12.8. The van der Waals surface area contributed by atoms with E-state index in [9.17, 15) is 4.79 Å². The van der Waals surface area contributed by atoms with Crippen LogP contribution in [0.4, 0.5) is 5.95 Å². The average molecular weight is 501 g/mol. The van der Waals surface area contributed by atoms with Crippen LogP contribution in [-0.2, 0) is 24.2 Å². The van der Waals surface area contributed by atoms with Crippen LogP contribution in [0.5, 0.6) is 0 Å². The van der Waals surface area contributed by atoms with Crippen molar-refractivity contribution in [1.82, 2.24) is 14.5 Å². The Bertz CT molecular complexity index is 1420. The van der Waals surface area contributed by atoms with Crippen LogP contribution in [0.2, 0.25) is 0 Å². The van der Waals surface area contributed by atoms with Gasteiger partial charge in [-0.15, -0.1) is 11.3 Å². The molecule has 6 nitrogen and oxygen atoms in total. The zero-order chi connectivity index (χ0) is 24.7. The summed E-state index contributed by atoms with van der Waals surface area (Å²) in [6.07, 6.45) is 1.78. The first-order chi connectivity index (χ1) is 17.5. The summed E-state index contributed by atoms with van der Waals surface area (Å²) in [5, 5.41) is 0.764. The highest BCUT2D eigenvalue weighted by Crippen LogP contribution is 2.38. The van der Waals surface area contributed by atoms with Crippen LogP contribution < -0.4 is 10.5 Å². The van der Waals surface area contributed by atoms with Crippen LogP contribution in [0, 0.1) is 0 Å². The largest absolute Gasteiger partial charge is 0.370 e. The lowest BCUT2D eigenvalue weighted by atomic mass is 9.94. The molecule has 6 rings (SSSR count). The Morgan fingerprint density at radius 2 is 1.67 bits per heavy atom. The molecule has 0 atom stereocenters. The van der Waals surface area contributed by atoms with Gasteiger partial charge in [0.1, 0.15) is 4.83 Å². The number of rotatable bonds is 5. The first-order valence-corrected chi connectivity index (χ1v) is 13.6. The molecule has 7 heteroatoms. The Balaban J connectivity index is 1.33. The number of para-hydroxylation sites is 1. The highest BCUT2D eigenvalue weighted by atomic mass is 32.1. The minimum absolute atomic E-state index is 0.0305. The van der Waals surface area contributed by atoms with Crippen LogP contribution in [-0.4, -0.2) is 52.8 Å². The summed E-state index contributed by atoms with van der Waals surface area (Å²) in [5.74, 6) is 0.750. The molecule has 0 N–H and O–H groups in total. The molecule has 1 fully saturated rings. The predicted octanol–water partition coefficient (Wildman–Crippen LogP) is 4.66. The molecular weight excluding hydrogens is 468 g/mol. The molecule has 4 aromatic rings. The monoisotopic (exact) mass is 500 g/mol. The minimum Gasteiger partial charge on any atom is -0.370 e. The fraction of sp³-hybridized carbons (Fsp3) is 0.379. The minimum atomic E-state index is -0.278. The fourth-order valence-electron chi connectivity index (χ4n) is 5.31. The van der Waals surface area contributed by atoms with Crippen molar-refractivity contribution in [3.8, 4) is 5.69 Å². The number of hydrogen-bond donors (Lipinski definition) is 0. The number of anilines is 1. The predicted molar refractivity (Wildman–Crippen MR) is 147 cm³/mol. The molecule has 0 aliphatic carbocycles. The molecule has 0 unspecified atom stereocenters. The quantitative estimate of drug-likeness (QED) is 0.399. The summed E-state index contributed by atoms with van der Waals surface area (Å²) in [7, 11) is 0. The molecule has 2 aromatic heterocycles. The Morgan fingerprint density at radius 1 is 0.972 bits per heavy atom. The number of thiophene rings is 1. The molecule has 36 heavy (non-hydrogen) atoms. The van der Waals surface area contributed by atoms with Gasteiger partial charge in [-0.2, -0.15) is 0 Å². The molecule has 0 amide bonds. The standard InChI is InChI=1S/C29H32N4O2S/c1-29(2)19-23-24(20-35-29)36-26-25(23)27(34)33(22-11-7-4-8-12-22)28(30-26)32-17-15-31(16-18-32)14-13-21-9-5-3-6-10-21/h3-12H,13-20H2,1-2H3. The third-order valence-corrected chi connectivity index (χ3v) is 8.42. The van der Waals surface area contributed by atoms with E-state index in [0.29, 0.717) is 6.61 Å². The summed E-state index contributed by atoms with van der Waals surface area (Å²) < 4.78 is 7.88. The maximum atomic E-state index is 14.1. The molecule has 2 aromatic carbocycles. The van der Waals surface area contributed by atoms with E-state index >= 15 is 0 Å². The Hall–Kier alpha value is -3.00. The van der Waals surface area contributed by atoms with E-state index in [1.807, 2.05) is 34.9 Å². The number of aromatic nitrogens is 2. The van der Waals surface area contributed by atoms with E-state index < -0.39 is 0 Å². The number of hydrogen-bond acceptors (Lipinski definition) is 6. The number of fused-ring (bicyclic) bond motifs is 3. The third kappa shape index (κ3) is 4.47. The smallest absolute Gasteiger partial charge is 0.268 e. The SMILES string of the molecule is CC1(C)Cc2c(sc3nc(N4CCN(CCc5ccccc5)CC4)n(-c4ccccc4)c(=O)c23)CO1. The molecule has 1 saturated heterocycles. The molecular formula is C29H32N4O2S. The van der Waals surface area contributed by atoms with Crippen LogP contribution in [0.15, 0.2) is 65.5 Å². The number of nitrogens with zero attached hydrogens (tertiary/aromatic N) is 4. The van der Waals surface area contributed by atoms with Crippen LogP contribution in [0.3, 0.4) is 0 Å². The normalized spacial score (nSPS) is 17.9. The van der Waals surface area contributed by atoms with Crippen molar-refractivity contribution in [2.24, 2.45) is 0 Å². The van der Waals surface area contributed by atoms with E-state index in [1.54, 1.807) is 11.3 Å². The van der Waals surface area contributed by atoms with Gasteiger partial charge in [-0.1, -0.05) is 48.5 Å². The fourth-order valence-corrected chi connectivity index (χ4v) is 6.40. The van der Waals surface area contributed by atoms with Gasteiger partial charge in [-0.25, -0.2) is 9.55 Å². The lowest BCUT2D eigenvalue weighted by molar-refractivity contribution is -0.0379. The highest BCUT2D eigenvalue weighted by molar-refractivity contribution is 7.18. The second-order valence-electron chi connectivity index (χ2n) is 10.4. The summed E-state index contributed by atoms with van der Waals surface area (Å²) in [4.78, 5) is 26.0. The van der Waals surface area contributed by atoms with E-state index in [2.05, 4.69) is 54.0 Å². The third-order valence-electron chi connectivity index (χ3n) is 7.32. The zero-order valence-corrected chi connectivity index (χ0v) is 21.8. The van der Waals surface area contributed by atoms with Crippen molar-refractivity contribution < 1.29 is 4.74 Å². The molecule has 2 aliphatic heterocycles. The lowest BCUT2D eigenvalue weighted by Crippen LogP contribution is -2.48. The van der Waals surface area contributed by atoms with Crippen LogP contribution in [0.1, 0.15) is 29.9 Å². The molecule has 0 radical (unpaired) electrons. The number of piperazine rings is 1. The summed E-state index contributed by atoms with van der Waals surface area (Å²) in [5.41, 5.74) is 3.11. The topological polar surface area (TPSA) is 50.6 Å². The molecule has 186 valence electrons. The van der Waals surface area contributed by atoms with E-state index in [0.717, 1.165) is 77.9 Å². The van der Waals surface area contributed by atoms with Gasteiger partial charge in [0, 0.05) is 44.0 Å². The number of ether oxygens (including phenoxy) is 1. The van der Waals surface area contributed by atoms with Gasteiger partial charge < -0.3 is 9.64 Å². The Morgan fingerprint density at radius 3 is 2.39 bits per heavy atom. The molecule has 0 bridgehead atoms. The van der Waals surface area contributed by atoms with E-state index in [1.165, 1.54) is 5.56 Å². The average Bonchev–Trinajstić information content (AvgIpc) is 3.25. The maximum Gasteiger partial charge on any atom is 0.268 e. The van der Waals surface area contributed by atoms with Crippen molar-refractivity contribution in [1.29, 1.82) is 0 Å². The van der Waals surface area contributed by atoms with Gasteiger partial charge in [0.25, 0.3) is 5.56 Å². The van der Waals surface area contributed by atoms with Gasteiger partial charge in [0.15, 0.2) is 0 Å². The molecule has 0 spiro atoms. The highest BCUT2D eigenvalue weighted by Gasteiger charge is 2.32. The summed E-state index contributed by atoms with van der Waals surface area (Å²) in [6.45, 7) is 9.38. The van der Waals surface area contributed by atoms with Crippen molar-refractivity contribution in [3.05, 3.63) is 87.0 Å². The van der Waals surface area contributed by atoms with E-state index in [-0.39, 0.29) is 11.2 Å². The maximum absolute atomic E-state index is 14.1. The molecule has 4 heterocycles. The molecule has 0 saturated carbocycles. The van der Waals surface area contributed by atoms with Crippen molar-refractivity contribution >= 4 is 27.5 Å². The van der Waals surface area contributed by atoms with Crippen molar-refractivity contribution in [2.45, 2.75) is 38.9 Å². The molecule has 2 aliphatic rings. The van der Waals surface area contributed by atoms with Crippen molar-refractivity contribution in [3.63, 3.8) is 0 Å². The van der Waals surface area contributed by atoms with Gasteiger partial charge in [-0.3, -0.25) is 9.69 Å². The van der Waals surface area contributed by atoms with Crippen molar-refractivity contribution in [2.75, 3.05) is 37.6 Å². The van der Waals surface area contributed by atoms with Gasteiger partial charge in [0.2, 0.25) is 5.95 Å². The second-order valence-corrected chi connectivity index (χ2v) is 11.4. The van der Waals surface area contributed by atoms with Gasteiger partial charge >= 0.3 is 0 Å².